The van der Waals surface area contributed by atoms with Gasteiger partial charge in [0.15, 0.2) is 0 Å². The molecular formula is C31H42BNO3Si. The van der Waals surface area contributed by atoms with E-state index < -0.39 is 8.32 Å². The molecule has 1 fully saturated rings. The third-order valence-corrected chi connectivity index (χ3v) is 13.1. The van der Waals surface area contributed by atoms with Crippen LogP contribution in [0.15, 0.2) is 84.9 Å². The largest absolute Gasteiger partial charge is 0.494 e. The van der Waals surface area contributed by atoms with E-state index in [1.54, 1.807) is 0 Å². The highest BCUT2D eigenvalue weighted by Crippen LogP contribution is 2.37. The second kappa shape index (κ2) is 10.4. The lowest BCUT2D eigenvalue weighted by atomic mass is 9.79. The molecule has 3 aromatic rings. The van der Waals surface area contributed by atoms with Crippen molar-refractivity contribution in [2.24, 2.45) is 0 Å². The van der Waals surface area contributed by atoms with Gasteiger partial charge in [-0.15, -0.1) is 0 Å². The molecule has 0 spiro atoms. The maximum atomic E-state index is 7.07. The van der Waals surface area contributed by atoms with Gasteiger partial charge in [-0.1, -0.05) is 93.6 Å². The third-order valence-electron chi connectivity index (χ3n) is 8.02. The Kier molecular flexibility index (Phi) is 7.78. The highest BCUT2D eigenvalue weighted by atomic mass is 28.4. The Morgan fingerprint density at radius 3 is 1.65 bits per heavy atom. The molecule has 4 nitrogen and oxygen atoms in total. The van der Waals surface area contributed by atoms with Crippen LogP contribution in [0.5, 0.6) is 0 Å². The summed E-state index contributed by atoms with van der Waals surface area (Å²) in [7, 11) is -0.752. The molecule has 0 amide bonds. The van der Waals surface area contributed by atoms with E-state index in [4.69, 9.17) is 13.7 Å². The lowest BCUT2D eigenvalue weighted by molar-refractivity contribution is 0.00578. The van der Waals surface area contributed by atoms with Crippen LogP contribution in [0, 0.1) is 0 Å². The van der Waals surface area contributed by atoms with Crippen molar-refractivity contribution >= 4 is 37.0 Å². The number of likely N-dealkylation sites (N-methyl/N-ethyl adjacent to an activating group) is 1. The standard InChI is InChI=1S/C31H42BNO3Si/c1-29(2,3)37(27-15-11-9-12-16-27,28-17-13-10-14-18-28)34-24-23-33(8)26-21-19-25(20-22-26)32-35-30(4,5)31(6,7)36-32/h9-22H,23-24H2,1-8H3. The van der Waals surface area contributed by atoms with Gasteiger partial charge in [0, 0.05) is 19.3 Å². The molecule has 0 saturated carbocycles. The Bertz CT molecular complexity index is 1110. The van der Waals surface area contributed by atoms with Crippen molar-refractivity contribution in [3.63, 3.8) is 0 Å². The van der Waals surface area contributed by atoms with Crippen LogP contribution in [0.2, 0.25) is 5.04 Å². The quantitative estimate of drug-likeness (QED) is 0.395. The first kappa shape index (κ1) is 27.7. The minimum absolute atomic E-state index is 0.0290. The van der Waals surface area contributed by atoms with Gasteiger partial charge in [-0.05, 0) is 60.7 Å². The van der Waals surface area contributed by atoms with Crippen molar-refractivity contribution in [3.8, 4) is 0 Å². The summed E-state index contributed by atoms with van der Waals surface area (Å²) in [6, 6.07) is 30.1. The molecule has 1 aliphatic rings. The lowest BCUT2D eigenvalue weighted by Gasteiger charge is -2.43. The zero-order chi connectivity index (χ0) is 26.9. The number of benzene rings is 3. The molecule has 3 aromatic carbocycles. The van der Waals surface area contributed by atoms with Crippen LogP contribution >= 0.6 is 0 Å². The fourth-order valence-corrected chi connectivity index (χ4v) is 9.64. The molecule has 1 aliphatic heterocycles. The molecule has 37 heavy (non-hydrogen) atoms. The monoisotopic (exact) mass is 515 g/mol. The van der Waals surface area contributed by atoms with Crippen molar-refractivity contribution in [2.75, 3.05) is 25.1 Å². The van der Waals surface area contributed by atoms with E-state index in [0.29, 0.717) is 6.61 Å². The Hall–Kier alpha value is -2.38. The average molecular weight is 516 g/mol. The molecule has 4 rings (SSSR count). The van der Waals surface area contributed by atoms with E-state index in [1.807, 2.05) is 0 Å². The molecule has 1 saturated heterocycles. The van der Waals surface area contributed by atoms with Crippen molar-refractivity contribution in [3.05, 3.63) is 84.9 Å². The smallest absolute Gasteiger partial charge is 0.406 e. The fourth-order valence-electron chi connectivity index (χ4n) is 5.09. The summed E-state index contributed by atoms with van der Waals surface area (Å²) in [5, 5.41) is 2.59. The molecular weight excluding hydrogens is 473 g/mol. The van der Waals surface area contributed by atoms with Crippen LogP contribution in [0.4, 0.5) is 5.69 Å². The number of hydrogen-bond acceptors (Lipinski definition) is 4. The average Bonchev–Trinajstić information content (AvgIpc) is 3.08. The molecule has 0 bridgehead atoms. The second-order valence-corrected chi connectivity index (χ2v) is 16.4. The zero-order valence-electron chi connectivity index (χ0n) is 23.7. The Labute approximate surface area is 225 Å². The van der Waals surface area contributed by atoms with Crippen LogP contribution in [-0.2, 0) is 13.7 Å². The molecule has 0 aromatic heterocycles. The first-order valence-electron chi connectivity index (χ1n) is 13.3. The van der Waals surface area contributed by atoms with E-state index in [0.717, 1.165) is 17.7 Å². The van der Waals surface area contributed by atoms with Gasteiger partial charge < -0.3 is 18.6 Å². The Balaban J connectivity index is 1.50. The first-order chi connectivity index (χ1) is 17.4. The number of rotatable bonds is 8. The molecule has 0 aliphatic carbocycles. The van der Waals surface area contributed by atoms with E-state index in [9.17, 15) is 0 Å². The van der Waals surface area contributed by atoms with Gasteiger partial charge in [0.2, 0.25) is 0 Å². The molecule has 0 radical (unpaired) electrons. The normalized spacial score (nSPS) is 17.1. The third kappa shape index (κ3) is 5.44. The number of hydrogen-bond donors (Lipinski definition) is 0. The number of nitrogens with zero attached hydrogens (tertiary/aromatic N) is 1. The van der Waals surface area contributed by atoms with Crippen molar-refractivity contribution in [1.29, 1.82) is 0 Å². The predicted octanol–water partition coefficient (Wildman–Crippen LogP) is 5.00. The van der Waals surface area contributed by atoms with Gasteiger partial charge in [-0.3, -0.25) is 0 Å². The van der Waals surface area contributed by atoms with E-state index >= 15 is 0 Å². The highest BCUT2D eigenvalue weighted by molar-refractivity contribution is 6.99. The minimum atomic E-state index is -2.53. The predicted molar refractivity (Wildman–Crippen MR) is 159 cm³/mol. The van der Waals surface area contributed by atoms with Crippen molar-refractivity contribution in [2.45, 2.75) is 64.7 Å². The second-order valence-electron chi connectivity index (χ2n) is 12.1. The molecule has 0 unspecified atom stereocenters. The Morgan fingerprint density at radius 2 is 1.22 bits per heavy atom. The van der Waals surface area contributed by atoms with E-state index in [-0.39, 0.29) is 23.4 Å². The summed E-state index contributed by atoms with van der Waals surface area (Å²) in [5.41, 5.74) is 1.50. The maximum absolute atomic E-state index is 7.07. The molecule has 0 N–H and O–H groups in total. The van der Waals surface area contributed by atoms with Crippen LogP contribution in [-0.4, -0.2) is 46.8 Å². The van der Waals surface area contributed by atoms with E-state index in [1.165, 1.54) is 10.4 Å². The molecule has 1 heterocycles. The van der Waals surface area contributed by atoms with Gasteiger partial charge in [0.05, 0.1) is 17.8 Å². The van der Waals surface area contributed by atoms with Crippen LogP contribution in [0.25, 0.3) is 0 Å². The van der Waals surface area contributed by atoms with Crippen LogP contribution < -0.4 is 20.7 Å². The topological polar surface area (TPSA) is 30.9 Å². The summed E-state index contributed by atoms with van der Waals surface area (Å²) >= 11 is 0. The lowest BCUT2D eigenvalue weighted by Crippen LogP contribution is -2.67. The van der Waals surface area contributed by atoms with Gasteiger partial charge in [-0.2, -0.15) is 0 Å². The molecule has 6 heteroatoms. The van der Waals surface area contributed by atoms with E-state index in [2.05, 4.69) is 145 Å². The summed E-state index contributed by atoms with van der Waals surface area (Å²) in [6.07, 6.45) is 0. The molecule has 0 atom stereocenters. The van der Waals surface area contributed by atoms with Crippen molar-refractivity contribution < 1.29 is 13.7 Å². The van der Waals surface area contributed by atoms with Gasteiger partial charge in [0.1, 0.15) is 0 Å². The highest BCUT2D eigenvalue weighted by Gasteiger charge is 2.52. The fraction of sp³-hybridized carbons (Fsp3) is 0.419. The number of anilines is 1. The van der Waals surface area contributed by atoms with Gasteiger partial charge >= 0.3 is 7.12 Å². The summed E-state index contributed by atoms with van der Waals surface area (Å²) in [4.78, 5) is 2.26. The van der Waals surface area contributed by atoms with Gasteiger partial charge in [0.25, 0.3) is 8.32 Å². The maximum Gasteiger partial charge on any atom is 0.494 e. The van der Waals surface area contributed by atoms with Gasteiger partial charge in [-0.25, -0.2) is 0 Å². The first-order valence-corrected chi connectivity index (χ1v) is 15.2. The Morgan fingerprint density at radius 1 is 0.757 bits per heavy atom. The summed E-state index contributed by atoms with van der Waals surface area (Å²) in [6.45, 7) is 16.7. The SMILES string of the molecule is CN(CCO[Si](c1ccccc1)(c1ccccc1)C(C)(C)C)c1ccc(B2OC(C)(C)C(C)(C)O2)cc1. The van der Waals surface area contributed by atoms with Crippen LogP contribution in [0.1, 0.15) is 48.5 Å². The van der Waals surface area contributed by atoms with Crippen molar-refractivity contribution in [1.82, 2.24) is 0 Å². The molecule has 196 valence electrons. The zero-order valence-corrected chi connectivity index (χ0v) is 24.7. The minimum Gasteiger partial charge on any atom is -0.406 e. The summed E-state index contributed by atoms with van der Waals surface area (Å²) in [5.74, 6) is 0. The summed E-state index contributed by atoms with van der Waals surface area (Å²) < 4.78 is 19.5. The van der Waals surface area contributed by atoms with Crippen LogP contribution in [0.3, 0.4) is 0 Å².